The van der Waals surface area contributed by atoms with Gasteiger partial charge in [-0.3, -0.25) is 4.55 Å². The van der Waals surface area contributed by atoms with E-state index in [2.05, 4.69) is 54.7 Å². The lowest BCUT2D eigenvalue weighted by Gasteiger charge is -2.25. The summed E-state index contributed by atoms with van der Waals surface area (Å²) in [6, 6.07) is 12.4. The molecule has 0 bridgehead atoms. The minimum atomic E-state index is -4.51. The second-order valence-electron chi connectivity index (χ2n) is 11.3. The van der Waals surface area contributed by atoms with E-state index in [1.165, 1.54) is 34.5 Å². The molecule has 0 amide bonds. The first-order valence-corrected chi connectivity index (χ1v) is 21.5. The molecule has 5 aromatic rings. The predicted molar refractivity (Wildman–Crippen MR) is 223 cm³/mol. The van der Waals surface area contributed by atoms with Crippen molar-refractivity contribution in [1.29, 1.82) is 0 Å². The van der Waals surface area contributed by atoms with Crippen molar-refractivity contribution in [3.05, 3.63) is 53.2 Å². The lowest BCUT2D eigenvalue weighted by molar-refractivity contribution is 0.414. The van der Waals surface area contributed by atoms with Crippen LogP contribution in [0.25, 0.3) is 0 Å². The molecule has 0 spiro atoms. The van der Waals surface area contributed by atoms with Crippen LogP contribution >= 0.6 is 34.4 Å². The molecule has 3 heterocycles. The Hall–Kier alpha value is -4.89. The Morgan fingerprint density at radius 2 is 1.29 bits per heavy atom. The largest absolute Gasteiger partial charge is 0.494 e. The number of rotatable bonds is 19. The molecule has 0 unspecified atom stereocenters. The van der Waals surface area contributed by atoms with E-state index < -0.39 is 10.1 Å². The normalized spacial score (nSPS) is 11.7. The van der Waals surface area contributed by atoms with Gasteiger partial charge in [0, 0.05) is 38.3 Å². The van der Waals surface area contributed by atoms with Crippen molar-refractivity contribution >= 4 is 101 Å². The van der Waals surface area contributed by atoms with Crippen LogP contribution in [-0.2, 0) is 10.1 Å². The number of hydrogen-bond donors (Lipinski definition) is 3. The average Bonchev–Trinajstić information content (AvgIpc) is 3.88. The van der Waals surface area contributed by atoms with E-state index in [9.17, 15) is 13.0 Å². The highest BCUT2D eigenvalue weighted by Crippen LogP contribution is 2.43. The van der Waals surface area contributed by atoms with Gasteiger partial charge in [0.1, 0.15) is 32.8 Å². The zero-order valence-corrected chi connectivity index (χ0v) is 34.7. The zero-order chi connectivity index (χ0) is 39.5. The van der Waals surface area contributed by atoms with Crippen LogP contribution in [0.1, 0.15) is 34.6 Å². The summed E-state index contributed by atoms with van der Waals surface area (Å²) in [5.41, 5.74) is 3.52. The molecular formula is C35H43N11O5S4. The highest BCUT2D eigenvalue weighted by Gasteiger charge is 2.21. The van der Waals surface area contributed by atoms with Gasteiger partial charge in [0.05, 0.1) is 37.0 Å². The average molecular weight is 826 g/mol. The van der Waals surface area contributed by atoms with Gasteiger partial charge in [0.2, 0.25) is 11.9 Å². The van der Waals surface area contributed by atoms with Gasteiger partial charge in [0.25, 0.3) is 10.1 Å². The molecule has 0 atom stereocenters. The lowest BCUT2D eigenvalue weighted by Crippen LogP contribution is -2.22. The molecule has 0 saturated carbocycles. The molecule has 0 saturated heterocycles. The van der Waals surface area contributed by atoms with Crippen LogP contribution in [0.2, 0.25) is 0 Å². The molecular weight excluding hydrogens is 783 g/mol. The maximum absolute atomic E-state index is 12.0. The van der Waals surface area contributed by atoms with Crippen LogP contribution in [0.5, 0.6) is 11.5 Å². The number of thiophene rings is 2. The minimum absolute atomic E-state index is 0.0177. The second kappa shape index (κ2) is 19.1. The summed E-state index contributed by atoms with van der Waals surface area (Å²) in [6.45, 7) is 13.1. The number of ether oxygens (including phenoxy) is 2. The van der Waals surface area contributed by atoms with Crippen LogP contribution in [0, 0.1) is 0 Å². The summed E-state index contributed by atoms with van der Waals surface area (Å²) < 4.78 is 45.2. The molecule has 0 fully saturated rings. The number of thioether (sulfide) groups is 1. The van der Waals surface area contributed by atoms with Crippen LogP contribution in [0.15, 0.2) is 83.7 Å². The van der Waals surface area contributed by atoms with Gasteiger partial charge in [0.15, 0.2) is 10.2 Å². The summed E-state index contributed by atoms with van der Waals surface area (Å²) in [6.07, 6.45) is 0. The molecule has 292 valence electrons. The Morgan fingerprint density at radius 3 is 1.75 bits per heavy atom. The van der Waals surface area contributed by atoms with Gasteiger partial charge < -0.3 is 29.9 Å². The van der Waals surface area contributed by atoms with Crippen molar-refractivity contribution in [3.8, 4) is 11.5 Å². The van der Waals surface area contributed by atoms with E-state index in [1.54, 1.807) is 20.3 Å². The molecule has 0 aliphatic heterocycles. The van der Waals surface area contributed by atoms with Crippen molar-refractivity contribution < 1.29 is 22.4 Å². The summed E-state index contributed by atoms with van der Waals surface area (Å²) in [5, 5.41) is 29.0. The molecule has 3 N–H and O–H groups in total. The van der Waals surface area contributed by atoms with Gasteiger partial charge in [-0.2, -0.15) is 23.4 Å². The van der Waals surface area contributed by atoms with Gasteiger partial charge in [-0.05, 0) is 74.5 Å². The number of azo groups is 2. The molecule has 0 radical (unpaired) electrons. The number of anilines is 6. The Bertz CT molecular complexity index is 2220. The van der Waals surface area contributed by atoms with Crippen molar-refractivity contribution in [2.45, 2.75) is 44.7 Å². The number of aromatic nitrogens is 3. The third-order valence-corrected chi connectivity index (χ3v) is 11.4. The van der Waals surface area contributed by atoms with Crippen molar-refractivity contribution in [1.82, 2.24) is 15.0 Å². The fourth-order valence-corrected chi connectivity index (χ4v) is 8.18. The molecule has 5 rings (SSSR count). The number of nitrogens with zero attached hydrogens (tertiary/aromatic N) is 9. The molecule has 16 nitrogen and oxygen atoms in total. The molecule has 55 heavy (non-hydrogen) atoms. The molecule has 3 aromatic heterocycles. The van der Waals surface area contributed by atoms with Crippen molar-refractivity contribution in [2.24, 2.45) is 20.5 Å². The predicted octanol–water partition coefficient (Wildman–Crippen LogP) is 10.4. The van der Waals surface area contributed by atoms with E-state index in [1.807, 2.05) is 56.5 Å². The molecule has 2 aromatic carbocycles. The van der Waals surface area contributed by atoms with Crippen LogP contribution in [0.4, 0.5) is 56.0 Å². The summed E-state index contributed by atoms with van der Waals surface area (Å²) >= 11 is 3.93. The maximum atomic E-state index is 12.0. The Kier molecular flexibility index (Phi) is 14.3. The quantitative estimate of drug-likeness (QED) is 0.0405. The Labute approximate surface area is 332 Å². The first kappa shape index (κ1) is 41.3. The SMILES string of the molecule is CCSc1nc(Nc2cc(N(CC)CC)c(OC)cc2/N=N/c2cccs2)nc(Nc2cc(N(CC)CC)c(OC)cc2/N=N/c2sccc2S(=O)(=O)O)n1. The fourth-order valence-electron chi connectivity index (χ4n) is 5.42. The summed E-state index contributed by atoms with van der Waals surface area (Å²) in [7, 11) is -1.33. The number of benzene rings is 2. The van der Waals surface area contributed by atoms with E-state index in [-0.39, 0.29) is 21.8 Å². The van der Waals surface area contributed by atoms with E-state index in [4.69, 9.17) is 24.4 Å². The smallest absolute Gasteiger partial charge is 0.297 e. The van der Waals surface area contributed by atoms with Gasteiger partial charge in [-0.1, -0.05) is 18.7 Å². The number of nitrogens with one attached hydrogen (secondary N) is 2. The van der Waals surface area contributed by atoms with Gasteiger partial charge in [-0.25, -0.2) is 0 Å². The Balaban J connectivity index is 1.62. The first-order valence-electron chi connectivity index (χ1n) is 17.3. The van der Waals surface area contributed by atoms with Crippen LogP contribution in [-0.4, -0.2) is 74.1 Å². The standard InChI is InChI=1S/C35H43N11O5S4/c1-8-45(9-2)26-18-22(24(20-28(26)50-6)41-43-31-14-13-16-53-31)36-33-38-34(40-35(39-33)52-12-5)37-23-19-27(46(10-3)11-4)29(51-7)21-25(23)42-44-32-30(15-17-54-32)55(47,48)49/h13-21H,8-12H2,1-7H3,(H,47,48,49)(H2,36,37,38,39,40)/b43-41+,44-42+. The third kappa shape index (κ3) is 10.3. The highest BCUT2D eigenvalue weighted by atomic mass is 32.2. The van der Waals surface area contributed by atoms with Gasteiger partial charge >= 0.3 is 0 Å². The van der Waals surface area contributed by atoms with E-state index in [0.717, 1.165) is 40.8 Å². The third-order valence-electron chi connectivity index (χ3n) is 8.08. The zero-order valence-electron chi connectivity index (χ0n) is 31.5. The summed E-state index contributed by atoms with van der Waals surface area (Å²) in [5.74, 6) is 2.31. The lowest BCUT2D eigenvalue weighted by atomic mass is 10.2. The molecule has 0 aliphatic carbocycles. The minimum Gasteiger partial charge on any atom is -0.494 e. The van der Waals surface area contributed by atoms with E-state index >= 15 is 0 Å². The first-order chi connectivity index (χ1) is 26.5. The highest BCUT2D eigenvalue weighted by molar-refractivity contribution is 7.99. The van der Waals surface area contributed by atoms with Crippen molar-refractivity contribution in [2.75, 3.05) is 66.6 Å². The van der Waals surface area contributed by atoms with Gasteiger partial charge in [-0.15, -0.1) is 43.1 Å². The van der Waals surface area contributed by atoms with Crippen LogP contribution in [0.3, 0.4) is 0 Å². The topological polar surface area (TPSA) is 191 Å². The summed E-state index contributed by atoms with van der Waals surface area (Å²) in [4.78, 5) is 18.1. The number of hydrogen-bond acceptors (Lipinski definition) is 18. The maximum Gasteiger partial charge on any atom is 0.297 e. The molecule has 0 aliphatic rings. The molecule has 20 heteroatoms. The Morgan fingerprint density at radius 1 is 0.745 bits per heavy atom. The fraction of sp³-hybridized carbons (Fsp3) is 0.343. The van der Waals surface area contributed by atoms with Crippen molar-refractivity contribution in [3.63, 3.8) is 0 Å². The van der Waals surface area contributed by atoms with E-state index in [0.29, 0.717) is 58.2 Å². The van der Waals surface area contributed by atoms with Crippen LogP contribution < -0.4 is 29.9 Å². The second-order valence-corrected chi connectivity index (χ2v) is 15.7. The monoisotopic (exact) mass is 825 g/mol. The number of methoxy groups -OCH3 is 2.